The number of nitrogens with zero attached hydrogens (tertiary/aromatic N) is 1. The zero-order valence-corrected chi connectivity index (χ0v) is 13.9. The maximum Gasteiger partial charge on any atom is 0.214 e. The van der Waals surface area contributed by atoms with Crippen LogP contribution in [0.4, 0.5) is 4.39 Å². The second-order valence-electron chi connectivity index (χ2n) is 5.05. The first-order chi connectivity index (χ1) is 11.5. The van der Waals surface area contributed by atoms with Crippen molar-refractivity contribution in [3.05, 3.63) is 76.0 Å². The SMILES string of the molecule is Oc1ccc(-c2cccc(OCc3ccc(Cl)cc3F)n2)cc1Cl. The lowest BCUT2D eigenvalue weighted by atomic mass is 10.1. The van der Waals surface area contributed by atoms with Gasteiger partial charge in [0.15, 0.2) is 0 Å². The van der Waals surface area contributed by atoms with Crippen molar-refractivity contribution in [1.29, 1.82) is 0 Å². The second kappa shape index (κ2) is 7.07. The lowest BCUT2D eigenvalue weighted by molar-refractivity contribution is 0.288. The topological polar surface area (TPSA) is 42.4 Å². The summed E-state index contributed by atoms with van der Waals surface area (Å²) in [5.41, 5.74) is 1.76. The van der Waals surface area contributed by atoms with Crippen molar-refractivity contribution in [2.24, 2.45) is 0 Å². The van der Waals surface area contributed by atoms with Crippen LogP contribution in [0.2, 0.25) is 10.0 Å². The summed E-state index contributed by atoms with van der Waals surface area (Å²) in [4.78, 5) is 4.37. The molecule has 2 aromatic carbocycles. The molecule has 0 atom stereocenters. The molecule has 0 bridgehead atoms. The quantitative estimate of drug-likeness (QED) is 0.667. The highest BCUT2D eigenvalue weighted by Crippen LogP contribution is 2.29. The zero-order chi connectivity index (χ0) is 17.1. The lowest BCUT2D eigenvalue weighted by Crippen LogP contribution is -2.00. The first-order valence-corrected chi connectivity index (χ1v) is 7.81. The molecule has 0 aliphatic rings. The summed E-state index contributed by atoms with van der Waals surface area (Å²) in [6, 6.07) is 14.5. The minimum absolute atomic E-state index is 0.00559. The van der Waals surface area contributed by atoms with Crippen molar-refractivity contribution in [3.8, 4) is 22.9 Å². The van der Waals surface area contributed by atoms with Gasteiger partial charge in [0.1, 0.15) is 18.2 Å². The molecule has 0 radical (unpaired) electrons. The Kier molecular flexibility index (Phi) is 4.88. The highest BCUT2D eigenvalue weighted by atomic mass is 35.5. The van der Waals surface area contributed by atoms with Gasteiger partial charge in [-0.2, -0.15) is 0 Å². The maximum absolute atomic E-state index is 13.8. The molecule has 6 heteroatoms. The third-order valence-corrected chi connectivity index (χ3v) is 3.90. The fourth-order valence-electron chi connectivity index (χ4n) is 2.11. The van der Waals surface area contributed by atoms with Gasteiger partial charge in [-0.05, 0) is 36.4 Å². The lowest BCUT2D eigenvalue weighted by Gasteiger charge is -2.09. The minimum atomic E-state index is -0.427. The van der Waals surface area contributed by atoms with E-state index >= 15 is 0 Å². The van der Waals surface area contributed by atoms with E-state index in [1.165, 1.54) is 12.1 Å². The zero-order valence-electron chi connectivity index (χ0n) is 12.3. The van der Waals surface area contributed by atoms with E-state index in [9.17, 15) is 9.50 Å². The van der Waals surface area contributed by atoms with Crippen LogP contribution in [0, 0.1) is 5.82 Å². The number of hydrogen-bond acceptors (Lipinski definition) is 3. The summed E-state index contributed by atoms with van der Waals surface area (Å²) >= 11 is 11.6. The van der Waals surface area contributed by atoms with Gasteiger partial charge in [-0.15, -0.1) is 0 Å². The Labute approximate surface area is 148 Å². The van der Waals surface area contributed by atoms with Crippen LogP contribution in [0.1, 0.15) is 5.56 Å². The van der Waals surface area contributed by atoms with Crippen LogP contribution in [0.5, 0.6) is 11.6 Å². The van der Waals surface area contributed by atoms with Gasteiger partial charge < -0.3 is 9.84 Å². The summed E-state index contributed by atoms with van der Waals surface area (Å²) in [5, 5.41) is 10.1. The van der Waals surface area contributed by atoms with Gasteiger partial charge >= 0.3 is 0 Å². The van der Waals surface area contributed by atoms with Crippen molar-refractivity contribution >= 4 is 23.2 Å². The molecular formula is C18H12Cl2FNO2. The molecule has 0 amide bonds. The van der Waals surface area contributed by atoms with Crippen LogP contribution < -0.4 is 4.74 Å². The average Bonchev–Trinajstić information content (AvgIpc) is 2.57. The van der Waals surface area contributed by atoms with Crippen LogP contribution in [-0.4, -0.2) is 10.1 Å². The van der Waals surface area contributed by atoms with E-state index in [0.29, 0.717) is 22.2 Å². The number of benzene rings is 2. The Bertz CT molecular complexity index is 887. The molecule has 0 aliphatic carbocycles. The fourth-order valence-corrected chi connectivity index (χ4v) is 2.45. The van der Waals surface area contributed by atoms with Gasteiger partial charge in [-0.1, -0.05) is 35.3 Å². The Morgan fingerprint density at radius 1 is 1.04 bits per heavy atom. The Balaban J connectivity index is 1.79. The van der Waals surface area contributed by atoms with Gasteiger partial charge in [0.25, 0.3) is 0 Å². The molecule has 1 N–H and O–H groups in total. The molecule has 0 unspecified atom stereocenters. The van der Waals surface area contributed by atoms with Gasteiger partial charge in [-0.3, -0.25) is 0 Å². The normalized spacial score (nSPS) is 10.6. The molecule has 3 rings (SSSR count). The summed E-state index contributed by atoms with van der Waals surface area (Å²) in [5.74, 6) is -0.0685. The third kappa shape index (κ3) is 3.78. The van der Waals surface area contributed by atoms with E-state index in [0.717, 1.165) is 5.56 Å². The Hall–Kier alpha value is -2.30. The minimum Gasteiger partial charge on any atom is -0.506 e. The molecule has 1 heterocycles. The van der Waals surface area contributed by atoms with E-state index < -0.39 is 5.82 Å². The third-order valence-electron chi connectivity index (χ3n) is 3.36. The second-order valence-corrected chi connectivity index (χ2v) is 5.90. The summed E-state index contributed by atoms with van der Waals surface area (Å²) in [6.45, 7) is 0.0375. The molecule has 0 saturated heterocycles. The molecule has 24 heavy (non-hydrogen) atoms. The van der Waals surface area contributed by atoms with Gasteiger partial charge in [-0.25, -0.2) is 9.37 Å². The van der Waals surface area contributed by atoms with Crippen LogP contribution >= 0.6 is 23.2 Å². The Morgan fingerprint density at radius 3 is 2.62 bits per heavy atom. The van der Waals surface area contributed by atoms with E-state index in [1.54, 1.807) is 42.5 Å². The van der Waals surface area contributed by atoms with Crippen LogP contribution in [0.25, 0.3) is 11.3 Å². The predicted octanol–water partition coefficient (Wildman–Crippen LogP) is 5.48. The number of phenols is 1. The van der Waals surface area contributed by atoms with E-state index in [4.69, 9.17) is 27.9 Å². The first kappa shape index (κ1) is 16.6. The number of phenolic OH excluding ortho intramolecular Hbond substituents is 1. The largest absolute Gasteiger partial charge is 0.506 e. The van der Waals surface area contributed by atoms with Crippen molar-refractivity contribution < 1.29 is 14.2 Å². The summed E-state index contributed by atoms with van der Waals surface area (Å²) in [6.07, 6.45) is 0. The number of aromatic nitrogens is 1. The molecular weight excluding hydrogens is 352 g/mol. The molecule has 0 fully saturated rings. The molecule has 1 aromatic heterocycles. The van der Waals surface area contributed by atoms with E-state index in [1.807, 2.05) is 0 Å². The van der Waals surface area contributed by atoms with Gasteiger partial charge in [0.2, 0.25) is 5.88 Å². The smallest absolute Gasteiger partial charge is 0.214 e. The highest BCUT2D eigenvalue weighted by Gasteiger charge is 2.07. The molecule has 0 aliphatic heterocycles. The van der Waals surface area contributed by atoms with Crippen molar-refractivity contribution in [1.82, 2.24) is 4.98 Å². The summed E-state index contributed by atoms with van der Waals surface area (Å²) < 4.78 is 19.3. The number of aromatic hydroxyl groups is 1. The fraction of sp³-hybridized carbons (Fsp3) is 0.0556. The van der Waals surface area contributed by atoms with Crippen molar-refractivity contribution in [3.63, 3.8) is 0 Å². The van der Waals surface area contributed by atoms with Crippen LogP contribution in [0.15, 0.2) is 54.6 Å². The number of halogens is 3. The molecule has 0 spiro atoms. The van der Waals surface area contributed by atoms with Crippen LogP contribution in [0.3, 0.4) is 0 Å². The van der Waals surface area contributed by atoms with Crippen molar-refractivity contribution in [2.45, 2.75) is 6.61 Å². The van der Waals surface area contributed by atoms with Crippen molar-refractivity contribution in [2.75, 3.05) is 0 Å². The van der Waals surface area contributed by atoms with Gasteiger partial charge in [0.05, 0.1) is 10.7 Å². The average molecular weight is 364 g/mol. The number of ether oxygens (including phenoxy) is 1. The Morgan fingerprint density at radius 2 is 1.88 bits per heavy atom. The van der Waals surface area contributed by atoms with Gasteiger partial charge in [0, 0.05) is 22.2 Å². The number of rotatable bonds is 4. The first-order valence-electron chi connectivity index (χ1n) is 7.05. The number of pyridine rings is 1. The predicted molar refractivity (Wildman–Crippen MR) is 92.1 cm³/mol. The standard InChI is InChI=1S/C18H12Cl2FNO2/c19-13-6-4-12(15(21)9-13)10-24-18-3-1-2-16(22-18)11-5-7-17(23)14(20)8-11/h1-9,23H,10H2. The molecule has 0 saturated carbocycles. The summed E-state index contributed by atoms with van der Waals surface area (Å²) in [7, 11) is 0. The monoisotopic (exact) mass is 363 g/mol. The molecule has 3 nitrogen and oxygen atoms in total. The van der Waals surface area contributed by atoms with E-state index in [-0.39, 0.29) is 17.4 Å². The van der Waals surface area contributed by atoms with Crippen LogP contribution in [-0.2, 0) is 6.61 Å². The molecule has 3 aromatic rings. The highest BCUT2D eigenvalue weighted by molar-refractivity contribution is 6.32. The number of hydrogen-bond donors (Lipinski definition) is 1. The maximum atomic E-state index is 13.8. The molecule has 122 valence electrons. The van der Waals surface area contributed by atoms with E-state index in [2.05, 4.69) is 4.98 Å².